The van der Waals surface area contributed by atoms with Gasteiger partial charge in [-0.3, -0.25) is 4.98 Å². The summed E-state index contributed by atoms with van der Waals surface area (Å²) in [5.74, 6) is -0.110. The van der Waals surface area contributed by atoms with Crippen LogP contribution in [0.2, 0.25) is 5.02 Å². The number of hydrogen-bond acceptors (Lipinski definition) is 3. The molecular weight excluding hydrogens is 281 g/mol. The summed E-state index contributed by atoms with van der Waals surface area (Å²) in [5.41, 5.74) is 1.25. The van der Waals surface area contributed by atoms with Crippen molar-refractivity contribution >= 4 is 22.6 Å². The van der Waals surface area contributed by atoms with Crippen molar-refractivity contribution in [2.24, 2.45) is 0 Å². The highest BCUT2D eigenvalue weighted by atomic mass is 35.5. The van der Waals surface area contributed by atoms with Crippen molar-refractivity contribution in [1.29, 1.82) is 0 Å². The highest BCUT2D eigenvalue weighted by Gasteiger charge is 2.18. The summed E-state index contributed by atoms with van der Waals surface area (Å²) < 4.78 is 19.5. The summed E-state index contributed by atoms with van der Waals surface area (Å²) in [6.07, 6.45) is 1.60. The van der Waals surface area contributed by atoms with Crippen molar-refractivity contribution in [3.05, 3.63) is 53.1 Å². The Morgan fingerprint density at radius 2 is 2.10 bits per heavy atom. The zero-order chi connectivity index (χ0) is 14.3. The first-order valence-electron chi connectivity index (χ1n) is 6.07. The van der Waals surface area contributed by atoms with E-state index in [1.165, 1.54) is 13.1 Å². The normalized spacial score (nSPS) is 12.8. The average molecular weight is 292 g/mol. The molecule has 0 radical (unpaired) electrons. The van der Waals surface area contributed by atoms with Gasteiger partial charge >= 0.3 is 0 Å². The molecule has 1 atom stereocenters. The summed E-state index contributed by atoms with van der Waals surface area (Å²) in [5, 5.41) is 11.1. The molecule has 3 rings (SSSR count). The van der Waals surface area contributed by atoms with Crippen molar-refractivity contribution in [1.82, 2.24) is 4.98 Å². The topological polar surface area (TPSA) is 46.3 Å². The van der Waals surface area contributed by atoms with E-state index in [2.05, 4.69) is 4.98 Å². The summed E-state index contributed by atoms with van der Waals surface area (Å²) in [6, 6.07) is 6.98. The Balaban J connectivity index is 2.23. The fraction of sp³-hybridized carbons (Fsp3) is 0.133. The summed E-state index contributed by atoms with van der Waals surface area (Å²) in [4.78, 5) is 3.82. The Labute approximate surface area is 119 Å². The monoisotopic (exact) mass is 291 g/mol. The van der Waals surface area contributed by atoms with Crippen LogP contribution in [0.5, 0.6) is 0 Å². The number of furan rings is 1. The molecule has 2 aromatic heterocycles. The van der Waals surface area contributed by atoms with Crippen LogP contribution in [0.4, 0.5) is 4.39 Å². The summed E-state index contributed by atoms with van der Waals surface area (Å²) in [7, 11) is 0. The fourth-order valence-electron chi connectivity index (χ4n) is 2.21. The quantitative estimate of drug-likeness (QED) is 0.764. The molecule has 0 fully saturated rings. The first-order valence-corrected chi connectivity index (χ1v) is 6.45. The molecule has 0 amide bonds. The van der Waals surface area contributed by atoms with E-state index >= 15 is 0 Å². The molecule has 2 heterocycles. The number of rotatable bonds is 2. The van der Waals surface area contributed by atoms with Crippen LogP contribution in [0.1, 0.15) is 18.6 Å². The van der Waals surface area contributed by atoms with Crippen LogP contribution in [0.3, 0.4) is 0 Å². The maximum atomic E-state index is 13.8. The van der Waals surface area contributed by atoms with Crippen LogP contribution in [0.25, 0.3) is 22.3 Å². The lowest BCUT2D eigenvalue weighted by atomic mass is 10.0. The molecule has 0 saturated heterocycles. The Morgan fingerprint density at radius 3 is 2.85 bits per heavy atom. The van der Waals surface area contributed by atoms with Crippen LogP contribution in [0, 0.1) is 5.82 Å². The molecule has 1 unspecified atom stereocenters. The number of aliphatic hydroxyl groups excluding tert-OH is 1. The van der Waals surface area contributed by atoms with Gasteiger partial charge in [-0.2, -0.15) is 0 Å². The molecule has 0 bridgehead atoms. The van der Waals surface area contributed by atoms with Crippen LogP contribution < -0.4 is 0 Å². The van der Waals surface area contributed by atoms with E-state index in [0.717, 1.165) is 11.6 Å². The Morgan fingerprint density at radius 1 is 1.30 bits per heavy atom. The zero-order valence-corrected chi connectivity index (χ0v) is 11.4. The Bertz CT molecular complexity index is 783. The van der Waals surface area contributed by atoms with Gasteiger partial charge in [-0.25, -0.2) is 4.39 Å². The zero-order valence-electron chi connectivity index (χ0n) is 10.6. The van der Waals surface area contributed by atoms with E-state index < -0.39 is 11.9 Å². The van der Waals surface area contributed by atoms with E-state index in [-0.39, 0.29) is 5.56 Å². The maximum Gasteiger partial charge on any atom is 0.148 e. The van der Waals surface area contributed by atoms with Crippen molar-refractivity contribution in [3.8, 4) is 11.3 Å². The molecule has 0 spiro atoms. The SMILES string of the molecule is CC(O)c1c(F)cncc1-c1cc2cc(Cl)ccc2o1. The standard InChI is InChI=1S/C15H11ClFNO2/c1-8(19)15-11(6-18-7-12(15)17)14-5-9-4-10(16)2-3-13(9)20-14/h2-8,19H,1H3. The fourth-order valence-corrected chi connectivity index (χ4v) is 2.39. The molecule has 3 nitrogen and oxygen atoms in total. The molecule has 5 heteroatoms. The molecule has 20 heavy (non-hydrogen) atoms. The number of benzene rings is 1. The van der Waals surface area contributed by atoms with Gasteiger partial charge in [0, 0.05) is 27.7 Å². The molecule has 102 valence electrons. The number of aliphatic hydroxyl groups is 1. The summed E-state index contributed by atoms with van der Waals surface area (Å²) >= 11 is 5.93. The van der Waals surface area contributed by atoms with Crippen molar-refractivity contribution < 1.29 is 13.9 Å². The van der Waals surface area contributed by atoms with Gasteiger partial charge in [0.1, 0.15) is 17.2 Å². The van der Waals surface area contributed by atoms with Gasteiger partial charge < -0.3 is 9.52 Å². The van der Waals surface area contributed by atoms with Crippen molar-refractivity contribution in [3.63, 3.8) is 0 Å². The third-order valence-electron chi connectivity index (χ3n) is 3.10. The van der Waals surface area contributed by atoms with Gasteiger partial charge in [0.05, 0.1) is 12.3 Å². The van der Waals surface area contributed by atoms with Crippen LogP contribution in [-0.2, 0) is 0 Å². The van der Waals surface area contributed by atoms with E-state index in [1.807, 2.05) is 0 Å². The second-order valence-electron chi connectivity index (χ2n) is 4.55. The second-order valence-corrected chi connectivity index (χ2v) is 4.99. The van der Waals surface area contributed by atoms with E-state index in [4.69, 9.17) is 16.0 Å². The maximum absolute atomic E-state index is 13.8. The minimum absolute atomic E-state index is 0.171. The third kappa shape index (κ3) is 2.17. The predicted octanol–water partition coefficient (Wildman–Crippen LogP) is 4.34. The molecule has 1 aromatic carbocycles. The predicted molar refractivity (Wildman–Crippen MR) is 75.0 cm³/mol. The highest BCUT2D eigenvalue weighted by molar-refractivity contribution is 6.31. The molecular formula is C15H11ClFNO2. The number of halogens is 2. The summed E-state index contributed by atoms with van der Waals surface area (Å²) in [6.45, 7) is 1.50. The van der Waals surface area contributed by atoms with Gasteiger partial charge in [-0.15, -0.1) is 0 Å². The first kappa shape index (κ1) is 13.1. The van der Waals surface area contributed by atoms with Crippen LogP contribution in [0.15, 0.2) is 41.1 Å². The van der Waals surface area contributed by atoms with E-state index in [0.29, 0.717) is 21.9 Å². The van der Waals surface area contributed by atoms with Crippen molar-refractivity contribution in [2.75, 3.05) is 0 Å². The van der Waals surface area contributed by atoms with Crippen LogP contribution >= 0.6 is 11.6 Å². The minimum Gasteiger partial charge on any atom is -0.456 e. The van der Waals surface area contributed by atoms with Gasteiger partial charge in [-0.05, 0) is 31.2 Å². The lowest BCUT2D eigenvalue weighted by Crippen LogP contribution is -2.00. The Kier molecular flexibility index (Phi) is 3.20. The smallest absolute Gasteiger partial charge is 0.148 e. The van der Waals surface area contributed by atoms with Crippen molar-refractivity contribution in [2.45, 2.75) is 13.0 Å². The number of pyridine rings is 1. The molecule has 3 aromatic rings. The molecule has 0 saturated carbocycles. The Hall–Kier alpha value is -1.91. The first-order chi connectivity index (χ1) is 9.56. The second kappa shape index (κ2) is 4.89. The lowest BCUT2D eigenvalue weighted by Gasteiger charge is -2.10. The van der Waals surface area contributed by atoms with Gasteiger partial charge in [-0.1, -0.05) is 11.6 Å². The molecule has 0 aliphatic rings. The lowest BCUT2D eigenvalue weighted by molar-refractivity contribution is 0.194. The van der Waals surface area contributed by atoms with Gasteiger partial charge in [0.2, 0.25) is 0 Å². The van der Waals surface area contributed by atoms with E-state index in [1.54, 1.807) is 24.3 Å². The number of hydrogen-bond donors (Lipinski definition) is 1. The molecule has 0 aliphatic heterocycles. The van der Waals surface area contributed by atoms with Gasteiger partial charge in [0.25, 0.3) is 0 Å². The largest absolute Gasteiger partial charge is 0.456 e. The highest BCUT2D eigenvalue weighted by Crippen LogP contribution is 2.34. The average Bonchev–Trinajstić information content (AvgIpc) is 2.80. The number of fused-ring (bicyclic) bond motifs is 1. The molecule has 0 aliphatic carbocycles. The van der Waals surface area contributed by atoms with Gasteiger partial charge in [0.15, 0.2) is 0 Å². The third-order valence-corrected chi connectivity index (χ3v) is 3.34. The number of aromatic nitrogens is 1. The van der Waals surface area contributed by atoms with E-state index in [9.17, 15) is 9.50 Å². The number of nitrogens with zero attached hydrogens (tertiary/aromatic N) is 1. The van der Waals surface area contributed by atoms with Crippen LogP contribution in [-0.4, -0.2) is 10.1 Å². The molecule has 1 N–H and O–H groups in total. The minimum atomic E-state index is -0.954.